The van der Waals surface area contributed by atoms with E-state index in [1.54, 1.807) is 0 Å². The van der Waals surface area contributed by atoms with Crippen LogP contribution in [0.5, 0.6) is 0 Å². The van der Waals surface area contributed by atoms with Gasteiger partial charge >= 0.3 is 0 Å². The fraction of sp³-hybridized carbons (Fsp3) is 0.105. The van der Waals surface area contributed by atoms with Crippen LogP contribution < -0.4 is 0 Å². The minimum atomic E-state index is -0.0873. The molecule has 205 valence electrons. The number of aromatic nitrogens is 2. The van der Waals surface area contributed by atoms with E-state index in [4.69, 9.17) is 0 Å². The maximum Gasteiger partial charge on any atom is 0.0190 e. The Labute approximate surface area is 257 Å². The summed E-state index contributed by atoms with van der Waals surface area (Å²) in [6.07, 6.45) is 3.77. The number of aryl methyl sites for hydroxylation is 1. The molecular formula is C38H32IrN2-2. The zero-order valence-corrected chi connectivity index (χ0v) is 25.9. The Morgan fingerprint density at radius 1 is 0.561 bits per heavy atom. The fourth-order valence-electron chi connectivity index (χ4n) is 4.59. The Kier molecular flexibility index (Phi) is 10.1. The minimum absolute atomic E-state index is 0. The molecular weight excluding hydrogens is 677 g/mol. The van der Waals surface area contributed by atoms with Crippen molar-refractivity contribution in [1.82, 2.24) is 9.97 Å². The van der Waals surface area contributed by atoms with Crippen LogP contribution in [0.25, 0.3) is 33.6 Å². The van der Waals surface area contributed by atoms with E-state index in [1.165, 1.54) is 27.8 Å². The van der Waals surface area contributed by atoms with Gasteiger partial charge in [-0.25, -0.2) is 0 Å². The molecule has 1 radical (unpaired) electrons. The standard InChI is InChI=1S/C26H22N.C12H10N.Ir/c1-26(2,23-14-7-4-8-15-23)24-16-17-27-25(19-24)22-13-9-12-21(18-22)20-10-5-3-6-11-20;1-10-7-8-12(13-9-10)11-5-3-2-4-6-11;/h3-12,14-19H,1-2H3;2-5,7-9H,1H3;/q2*-1;. The SMILES string of the molecule is CC(C)(c1ccccc1)c1ccnc(-c2[c-]ccc(-c3ccccc3)c2)c1.Cc1ccc(-c2[c-]cccc2)nc1.[Ir]. The van der Waals surface area contributed by atoms with Crippen LogP contribution in [0.3, 0.4) is 0 Å². The van der Waals surface area contributed by atoms with E-state index in [1.807, 2.05) is 61.8 Å². The van der Waals surface area contributed by atoms with E-state index in [0.29, 0.717) is 0 Å². The van der Waals surface area contributed by atoms with Crippen molar-refractivity contribution in [3.8, 4) is 33.6 Å². The maximum atomic E-state index is 4.62. The summed E-state index contributed by atoms with van der Waals surface area (Å²) in [5.41, 5.74) is 10.0. The molecule has 6 aromatic rings. The van der Waals surface area contributed by atoms with Crippen LogP contribution in [0.4, 0.5) is 0 Å². The summed E-state index contributed by atoms with van der Waals surface area (Å²) in [6.45, 7) is 6.54. The van der Waals surface area contributed by atoms with E-state index >= 15 is 0 Å². The summed E-state index contributed by atoms with van der Waals surface area (Å²) in [5.74, 6) is 0. The summed E-state index contributed by atoms with van der Waals surface area (Å²) in [7, 11) is 0. The average Bonchev–Trinajstić information content (AvgIpc) is 3.03. The van der Waals surface area contributed by atoms with Gasteiger partial charge in [-0.2, -0.15) is 0 Å². The van der Waals surface area contributed by atoms with Crippen molar-refractivity contribution in [3.05, 3.63) is 169 Å². The molecule has 0 atom stereocenters. The van der Waals surface area contributed by atoms with Gasteiger partial charge in [0.15, 0.2) is 0 Å². The quantitative estimate of drug-likeness (QED) is 0.167. The van der Waals surface area contributed by atoms with E-state index in [-0.39, 0.29) is 25.5 Å². The Morgan fingerprint density at radius 3 is 1.95 bits per heavy atom. The molecule has 2 aromatic heterocycles. The van der Waals surface area contributed by atoms with Crippen LogP contribution in [0.15, 0.2) is 140 Å². The molecule has 0 aliphatic rings. The predicted octanol–water partition coefficient (Wildman–Crippen LogP) is 9.40. The normalized spacial score (nSPS) is 10.6. The number of benzene rings is 4. The number of rotatable bonds is 5. The van der Waals surface area contributed by atoms with E-state index in [9.17, 15) is 0 Å². The summed E-state index contributed by atoms with van der Waals surface area (Å²) in [5, 5.41) is 0. The Hall–Kier alpha value is -4.17. The Balaban J connectivity index is 0.000000233. The Bertz CT molecular complexity index is 1650. The third-order valence-corrected chi connectivity index (χ3v) is 7.06. The zero-order valence-electron chi connectivity index (χ0n) is 23.5. The minimum Gasteiger partial charge on any atom is -0.305 e. The molecule has 4 aromatic carbocycles. The van der Waals surface area contributed by atoms with Crippen LogP contribution in [-0.4, -0.2) is 9.97 Å². The molecule has 3 heteroatoms. The molecule has 0 saturated carbocycles. The van der Waals surface area contributed by atoms with Crippen LogP contribution in [0, 0.1) is 19.1 Å². The van der Waals surface area contributed by atoms with Crippen LogP contribution in [0.1, 0.15) is 30.5 Å². The smallest absolute Gasteiger partial charge is 0.0190 e. The van der Waals surface area contributed by atoms with Crippen molar-refractivity contribution < 1.29 is 20.1 Å². The summed E-state index contributed by atoms with van der Waals surface area (Å²) in [4.78, 5) is 8.94. The third-order valence-electron chi connectivity index (χ3n) is 7.06. The van der Waals surface area contributed by atoms with E-state index in [2.05, 4.69) is 121 Å². The van der Waals surface area contributed by atoms with Gasteiger partial charge in [-0.05, 0) is 46.6 Å². The first kappa shape index (κ1) is 29.8. The predicted molar refractivity (Wildman–Crippen MR) is 166 cm³/mol. The van der Waals surface area contributed by atoms with Crippen molar-refractivity contribution in [2.75, 3.05) is 0 Å². The van der Waals surface area contributed by atoms with Gasteiger partial charge in [0.25, 0.3) is 0 Å². The Morgan fingerprint density at radius 2 is 1.27 bits per heavy atom. The number of nitrogens with zero attached hydrogens (tertiary/aromatic N) is 2. The summed E-state index contributed by atoms with van der Waals surface area (Å²) >= 11 is 0. The molecule has 0 fully saturated rings. The second kappa shape index (κ2) is 13.9. The van der Waals surface area contributed by atoms with Crippen molar-refractivity contribution in [1.29, 1.82) is 0 Å². The van der Waals surface area contributed by atoms with Crippen LogP contribution in [-0.2, 0) is 25.5 Å². The largest absolute Gasteiger partial charge is 0.305 e. The van der Waals surface area contributed by atoms with E-state index in [0.717, 1.165) is 22.5 Å². The van der Waals surface area contributed by atoms with Crippen LogP contribution in [0.2, 0.25) is 0 Å². The average molecular weight is 709 g/mol. The molecule has 0 amide bonds. The van der Waals surface area contributed by atoms with Crippen molar-refractivity contribution in [3.63, 3.8) is 0 Å². The zero-order chi connectivity index (χ0) is 27.8. The van der Waals surface area contributed by atoms with Gasteiger partial charge in [-0.3, -0.25) is 0 Å². The van der Waals surface area contributed by atoms with Gasteiger partial charge in [0.05, 0.1) is 0 Å². The number of hydrogen-bond donors (Lipinski definition) is 0. The monoisotopic (exact) mass is 709 g/mol. The molecule has 0 unspecified atom stereocenters. The summed E-state index contributed by atoms with van der Waals surface area (Å²) < 4.78 is 0. The first-order valence-corrected chi connectivity index (χ1v) is 13.5. The molecule has 0 aliphatic carbocycles. The number of hydrogen-bond acceptors (Lipinski definition) is 2. The van der Waals surface area contributed by atoms with Crippen LogP contribution >= 0.6 is 0 Å². The molecule has 0 N–H and O–H groups in total. The van der Waals surface area contributed by atoms with Gasteiger partial charge in [0, 0.05) is 37.9 Å². The summed E-state index contributed by atoms with van der Waals surface area (Å²) in [6, 6.07) is 50.0. The van der Waals surface area contributed by atoms with Crippen molar-refractivity contribution in [2.45, 2.75) is 26.2 Å². The molecule has 0 aliphatic heterocycles. The molecule has 2 nitrogen and oxygen atoms in total. The van der Waals surface area contributed by atoms with Gasteiger partial charge in [0.1, 0.15) is 0 Å². The van der Waals surface area contributed by atoms with Gasteiger partial charge < -0.3 is 9.97 Å². The van der Waals surface area contributed by atoms with Gasteiger partial charge in [0.2, 0.25) is 0 Å². The van der Waals surface area contributed by atoms with Crippen molar-refractivity contribution in [2.24, 2.45) is 0 Å². The van der Waals surface area contributed by atoms with Gasteiger partial charge in [-0.1, -0.05) is 92.7 Å². The van der Waals surface area contributed by atoms with Crippen molar-refractivity contribution >= 4 is 0 Å². The maximum absolute atomic E-state index is 4.62. The number of pyridine rings is 2. The first-order chi connectivity index (χ1) is 19.5. The molecule has 0 spiro atoms. The molecule has 2 heterocycles. The van der Waals surface area contributed by atoms with Gasteiger partial charge in [-0.15, -0.1) is 71.3 Å². The second-order valence-electron chi connectivity index (χ2n) is 10.3. The molecule has 41 heavy (non-hydrogen) atoms. The molecule has 0 bridgehead atoms. The molecule has 6 rings (SSSR count). The topological polar surface area (TPSA) is 25.8 Å². The first-order valence-electron chi connectivity index (χ1n) is 13.5. The third kappa shape index (κ3) is 7.52. The fourth-order valence-corrected chi connectivity index (χ4v) is 4.59. The van der Waals surface area contributed by atoms with E-state index < -0.39 is 0 Å². The second-order valence-corrected chi connectivity index (χ2v) is 10.3. The molecule has 0 saturated heterocycles.